The fraction of sp³-hybridized carbons (Fsp3) is 0.438. The lowest BCUT2D eigenvalue weighted by atomic mass is 9.94. The standard InChI is InChI=1S/C16H18O/c1-2-3-4-8-11-16(12-15(16)13-17)14-9-6-5-7-10-14/h5-7,9-10,13,15H,2-4,12H2,1H3/t15-,16+/m1/s1. The van der Waals surface area contributed by atoms with Crippen molar-refractivity contribution in [2.24, 2.45) is 5.92 Å². The van der Waals surface area contributed by atoms with E-state index in [4.69, 9.17) is 0 Å². The first kappa shape index (κ1) is 11.9. The molecule has 0 N–H and O–H groups in total. The fourth-order valence-corrected chi connectivity index (χ4v) is 2.22. The molecule has 2 rings (SSSR count). The van der Waals surface area contributed by atoms with Gasteiger partial charge in [-0.1, -0.05) is 49.6 Å². The molecular weight excluding hydrogens is 208 g/mol. The van der Waals surface area contributed by atoms with E-state index in [1.807, 2.05) is 18.2 Å². The molecular formula is C16H18O. The van der Waals surface area contributed by atoms with E-state index in [1.165, 1.54) is 12.0 Å². The topological polar surface area (TPSA) is 17.1 Å². The Morgan fingerprint density at radius 1 is 1.41 bits per heavy atom. The summed E-state index contributed by atoms with van der Waals surface area (Å²) in [5.41, 5.74) is 1.03. The molecule has 0 aromatic heterocycles. The van der Waals surface area contributed by atoms with E-state index in [9.17, 15) is 4.79 Å². The molecule has 1 aliphatic carbocycles. The van der Waals surface area contributed by atoms with Crippen LogP contribution in [0.25, 0.3) is 0 Å². The molecule has 0 heterocycles. The molecule has 88 valence electrons. The van der Waals surface area contributed by atoms with Gasteiger partial charge >= 0.3 is 0 Å². The van der Waals surface area contributed by atoms with Crippen molar-refractivity contribution in [2.75, 3.05) is 0 Å². The number of carbonyl (C=O) groups is 1. The summed E-state index contributed by atoms with van der Waals surface area (Å²) < 4.78 is 0. The molecule has 0 spiro atoms. The monoisotopic (exact) mass is 226 g/mol. The summed E-state index contributed by atoms with van der Waals surface area (Å²) in [5.74, 6) is 6.68. The molecule has 1 heteroatoms. The molecule has 1 fully saturated rings. The molecule has 0 bridgehead atoms. The highest BCUT2D eigenvalue weighted by atomic mass is 16.1. The molecule has 1 aliphatic rings. The van der Waals surface area contributed by atoms with Crippen molar-refractivity contribution < 1.29 is 4.79 Å². The van der Waals surface area contributed by atoms with Crippen LogP contribution < -0.4 is 0 Å². The first-order valence-corrected chi connectivity index (χ1v) is 6.34. The van der Waals surface area contributed by atoms with Gasteiger partial charge in [0.05, 0.1) is 5.41 Å². The quantitative estimate of drug-likeness (QED) is 0.437. The van der Waals surface area contributed by atoms with Crippen molar-refractivity contribution in [3.05, 3.63) is 35.9 Å². The molecule has 1 aromatic carbocycles. The highest BCUT2D eigenvalue weighted by Crippen LogP contribution is 2.52. The van der Waals surface area contributed by atoms with Crippen molar-refractivity contribution in [1.29, 1.82) is 0 Å². The van der Waals surface area contributed by atoms with Gasteiger partial charge in [0.2, 0.25) is 0 Å². The Kier molecular flexibility index (Phi) is 3.64. The van der Waals surface area contributed by atoms with Gasteiger partial charge in [-0.2, -0.15) is 0 Å². The third-order valence-electron chi connectivity index (χ3n) is 3.43. The van der Waals surface area contributed by atoms with E-state index in [1.54, 1.807) is 0 Å². The SMILES string of the molecule is CCCCC#C[C@@]1(c2ccccc2)C[C@@H]1C=O. The van der Waals surface area contributed by atoms with E-state index >= 15 is 0 Å². The van der Waals surface area contributed by atoms with Crippen LogP contribution in [0.4, 0.5) is 0 Å². The molecule has 0 radical (unpaired) electrons. The van der Waals surface area contributed by atoms with Gasteiger partial charge in [0, 0.05) is 12.3 Å². The molecule has 0 saturated heterocycles. The normalized spacial score (nSPS) is 25.8. The van der Waals surface area contributed by atoms with Gasteiger partial charge in [0.25, 0.3) is 0 Å². The smallest absolute Gasteiger partial charge is 0.125 e. The Morgan fingerprint density at radius 3 is 2.76 bits per heavy atom. The molecule has 1 nitrogen and oxygen atoms in total. The highest BCUT2D eigenvalue weighted by molar-refractivity contribution is 5.68. The number of benzene rings is 1. The molecule has 1 saturated carbocycles. The molecule has 0 aliphatic heterocycles. The van der Waals surface area contributed by atoms with Gasteiger partial charge in [-0.15, -0.1) is 5.92 Å². The summed E-state index contributed by atoms with van der Waals surface area (Å²) in [6, 6.07) is 10.2. The van der Waals surface area contributed by atoms with Crippen LogP contribution in [0.5, 0.6) is 0 Å². The number of rotatable bonds is 4. The van der Waals surface area contributed by atoms with Gasteiger partial charge in [0.15, 0.2) is 0 Å². The average Bonchev–Trinajstić information content (AvgIpc) is 3.11. The summed E-state index contributed by atoms with van der Waals surface area (Å²) in [7, 11) is 0. The second kappa shape index (κ2) is 5.19. The van der Waals surface area contributed by atoms with E-state index in [2.05, 4.69) is 30.9 Å². The van der Waals surface area contributed by atoms with Crippen molar-refractivity contribution >= 4 is 6.29 Å². The number of carbonyl (C=O) groups excluding carboxylic acids is 1. The minimum atomic E-state index is -0.170. The lowest BCUT2D eigenvalue weighted by Gasteiger charge is -2.08. The summed E-state index contributed by atoms with van der Waals surface area (Å²) in [4.78, 5) is 11.0. The Bertz CT molecular complexity index is 438. The second-order valence-electron chi connectivity index (χ2n) is 4.69. The maximum Gasteiger partial charge on any atom is 0.125 e. The van der Waals surface area contributed by atoms with Gasteiger partial charge < -0.3 is 4.79 Å². The molecule has 1 aromatic rings. The summed E-state index contributed by atoms with van der Waals surface area (Å²) in [6.45, 7) is 2.17. The number of aldehydes is 1. The molecule has 0 unspecified atom stereocenters. The molecule has 17 heavy (non-hydrogen) atoms. The first-order chi connectivity index (χ1) is 8.33. The Morgan fingerprint density at radius 2 is 2.18 bits per heavy atom. The van der Waals surface area contributed by atoms with Gasteiger partial charge in [-0.05, 0) is 18.4 Å². The Labute approximate surface area is 103 Å². The van der Waals surface area contributed by atoms with Gasteiger partial charge in [0.1, 0.15) is 6.29 Å². The zero-order valence-electron chi connectivity index (χ0n) is 10.3. The fourth-order valence-electron chi connectivity index (χ4n) is 2.22. The van der Waals surface area contributed by atoms with Crippen LogP contribution in [0.3, 0.4) is 0 Å². The third-order valence-corrected chi connectivity index (χ3v) is 3.43. The molecule has 0 amide bonds. The predicted octanol–water partition coefficient (Wildman–Crippen LogP) is 3.34. The lowest BCUT2D eigenvalue weighted by Crippen LogP contribution is -2.07. The lowest BCUT2D eigenvalue weighted by molar-refractivity contribution is -0.109. The van der Waals surface area contributed by atoms with Crippen LogP contribution in [0.15, 0.2) is 30.3 Å². The van der Waals surface area contributed by atoms with Crippen LogP contribution >= 0.6 is 0 Å². The largest absolute Gasteiger partial charge is 0.303 e. The summed E-state index contributed by atoms with van der Waals surface area (Å²) >= 11 is 0. The minimum absolute atomic E-state index is 0.0963. The Balaban J connectivity index is 2.17. The van der Waals surface area contributed by atoms with E-state index in [-0.39, 0.29) is 11.3 Å². The van der Waals surface area contributed by atoms with Crippen molar-refractivity contribution in [1.82, 2.24) is 0 Å². The van der Waals surface area contributed by atoms with Crippen molar-refractivity contribution in [2.45, 2.75) is 38.0 Å². The number of unbranched alkanes of at least 4 members (excludes halogenated alkanes) is 2. The highest BCUT2D eigenvalue weighted by Gasteiger charge is 2.54. The molecule has 2 atom stereocenters. The number of hydrogen-bond donors (Lipinski definition) is 0. The predicted molar refractivity (Wildman–Crippen MR) is 69.6 cm³/mol. The van der Waals surface area contributed by atoms with Crippen molar-refractivity contribution in [3.63, 3.8) is 0 Å². The van der Waals surface area contributed by atoms with Crippen LogP contribution in [0.2, 0.25) is 0 Å². The zero-order valence-corrected chi connectivity index (χ0v) is 10.3. The van der Waals surface area contributed by atoms with Crippen LogP contribution in [-0.2, 0) is 10.2 Å². The van der Waals surface area contributed by atoms with Gasteiger partial charge in [-0.3, -0.25) is 0 Å². The van der Waals surface area contributed by atoms with Gasteiger partial charge in [-0.25, -0.2) is 0 Å². The summed E-state index contributed by atoms with van der Waals surface area (Å²) in [6.07, 6.45) is 5.20. The second-order valence-corrected chi connectivity index (χ2v) is 4.69. The number of hydrogen-bond acceptors (Lipinski definition) is 1. The maximum atomic E-state index is 11.0. The maximum absolute atomic E-state index is 11.0. The van der Waals surface area contributed by atoms with E-state index in [0.29, 0.717) is 0 Å². The van der Waals surface area contributed by atoms with Crippen LogP contribution in [-0.4, -0.2) is 6.29 Å². The third kappa shape index (κ3) is 2.42. The zero-order chi connectivity index (χ0) is 12.1. The van der Waals surface area contributed by atoms with E-state index in [0.717, 1.165) is 25.5 Å². The summed E-state index contributed by atoms with van der Waals surface area (Å²) in [5, 5.41) is 0. The van der Waals surface area contributed by atoms with Crippen LogP contribution in [0.1, 0.15) is 38.2 Å². The first-order valence-electron chi connectivity index (χ1n) is 6.34. The van der Waals surface area contributed by atoms with E-state index < -0.39 is 0 Å². The Hall–Kier alpha value is -1.55. The van der Waals surface area contributed by atoms with Crippen LogP contribution in [0, 0.1) is 17.8 Å². The van der Waals surface area contributed by atoms with Crippen molar-refractivity contribution in [3.8, 4) is 11.8 Å². The average molecular weight is 226 g/mol. The minimum Gasteiger partial charge on any atom is -0.303 e.